The van der Waals surface area contributed by atoms with Crippen LogP contribution >= 0.6 is 27.5 Å². The SMILES string of the molecule is CCN(c1ncc(Br)cc1CCl)C(C)CN(C)C. The Morgan fingerprint density at radius 2 is 2.11 bits per heavy atom. The molecular weight excluding hydrogens is 314 g/mol. The Bertz CT molecular complexity index is 384. The summed E-state index contributed by atoms with van der Waals surface area (Å²) in [5, 5.41) is 0. The van der Waals surface area contributed by atoms with Crippen LogP contribution in [0.4, 0.5) is 5.82 Å². The van der Waals surface area contributed by atoms with Crippen molar-refractivity contribution in [1.82, 2.24) is 9.88 Å². The first-order valence-electron chi connectivity index (χ1n) is 6.11. The summed E-state index contributed by atoms with van der Waals surface area (Å²) in [6, 6.07) is 2.45. The van der Waals surface area contributed by atoms with E-state index in [0.717, 1.165) is 28.9 Å². The molecule has 1 aromatic rings. The predicted octanol–water partition coefficient (Wildman–Crippen LogP) is 3.36. The zero-order chi connectivity index (χ0) is 13.7. The molecule has 0 aromatic carbocycles. The minimum absolute atomic E-state index is 0.403. The molecule has 0 bridgehead atoms. The number of rotatable bonds is 6. The average molecular weight is 335 g/mol. The number of likely N-dealkylation sites (N-methyl/N-ethyl adjacent to an activating group) is 2. The van der Waals surface area contributed by atoms with E-state index in [1.54, 1.807) is 0 Å². The molecule has 1 aromatic heterocycles. The van der Waals surface area contributed by atoms with Gasteiger partial charge >= 0.3 is 0 Å². The van der Waals surface area contributed by atoms with Gasteiger partial charge in [0.05, 0.1) is 5.88 Å². The molecule has 18 heavy (non-hydrogen) atoms. The van der Waals surface area contributed by atoms with Crippen LogP contribution in [0.15, 0.2) is 16.7 Å². The molecule has 0 amide bonds. The lowest BCUT2D eigenvalue weighted by molar-refractivity contribution is 0.372. The summed E-state index contributed by atoms with van der Waals surface area (Å²) < 4.78 is 0.971. The average Bonchev–Trinajstić information content (AvgIpc) is 2.30. The van der Waals surface area contributed by atoms with Gasteiger partial charge in [0.15, 0.2) is 0 Å². The van der Waals surface area contributed by atoms with Crippen molar-refractivity contribution >= 4 is 33.3 Å². The Hall–Kier alpha value is -0.320. The molecule has 1 atom stereocenters. The van der Waals surface area contributed by atoms with Crippen LogP contribution in [0.1, 0.15) is 19.4 Å². The van der Waals surface area contributed by atoms with Gasteiger partial charge in [-0.3, -0.25) is 0 Å². The van der Waals surface area contributed by atoms with E-state index in [4.69, 9.17) is 11.6 Å². The van der Waals surface area contributed by atoms with Crippen LogP contribution in [-0.4, -0.2) is 43.1 Å². The van der Waals surface area contributed by atoms with E-state index in [1.807, 2.05) is 12.3 Å². The van der Waals surface area contributed by atoms with Crippen LogP contribution in [0.2, 0.25) is 0 Å². The number of aromatic nitrogens is 1. The lowest BCUT2D eigenvalue weighted by Gasteiger charge is -2.32. The quantitative estimate of drug-likeness (QED) is 0.744. The Labute approximate surface area is 123 Å². The minimum Gasteiger partial charge on any atom is -0.353 e. The number of hydrogen-bond donors (Lipinski definition) is 0. The molecule has 0 aliphatic carbocycles. The number of alkyl halides is 1. The third-order valence-electron chi connectivity index (χ3n) is 2.83. The summed E-state index contributed by atoms with van der Waals surface area (Å²) in [5.74, 6) is 1.47. The lowest BCUT2D eigenvalue weighted by Crippen LogP contribution is -2.41. The molecule has 0 aliphatic rings. The maximum absolute atomic E-state index is 6.02. The molecule has 0 saturated carbocycles. The first-order chi connectivity index (χ1) is 8.49. The molecule has 0 fully saturated rings. The molecule has 0 aliphatic heterocycles. The molecule has 0 radical (unpaired) electrons. The maximum Gasteiger partial charge on any atom is 0.133 e. The van der Waals surface area contributed by atoms with Crippen molar-refractivity contribution in [1.29, 1.82) is 0 Å². The molecule has 0 N–H and O–H groups in total. The number of anilines is 1. The normalized spacial score (nSPS) is 12.8. The molecule has 1 heterocycles. The van der Waals surface area contributed by atoms with Gasteiger partial charge in [0.2, 0.25) is 0 Å². The van der Waals surface area contributed by atoms with Crippen molar-refractivity contribution in [3.63, 3.8) is 0 Å². The van der Waals surface area contributed by atoms with Crippen LogP contribution in [0, 0.1) is 0 Å². The second kappa shape index (κ2) is 7.31. The van der Waals surface area contributed by atoms with Gasteiger partial charge in [-0.15, -0.1) is 11.6 Å². The van der Waals surface area contributed by atoms with E-state index in [1.165, 1.54) is 0 Å². The summed E-state index contributed by atoms with van der Waals surface area (Å²) in [5.41, 5.74) is 1.07. The Kier molecular flexibility index (Phi) is 6.39. The number of nitrogens with zero attached hydrogens (tertiary/aromatic N) is 3. The van der Waals surface area contributed by atoms with Crippen molar-refractivity contribution < 1.29 is 0 Å². The second-order valence-corrected chi connectivity index (χ2v) is 5.85. The fourth-order valence-electron chi connectivity index (χ4n) is 2.13. The van der Waals surface area contributed by atoms with Crippen molar-refractivity contribution in [2.45, 2.75) is 25.8 Å². The van der Waals surface area contributed by atoms with Crippen LogP contribution in [0.3, 0.4) is 0 Å². The topological polar surface area (TPSA) is 19.4 Å². The van der Waals surface area contributed by atoms with E-state index >= 15 is 0 Å². The molecule has 0 spiro atoms. The molecule has 3 nitrogen and oxygen atoms in total. The lowest BCUT2D eigenvalue weighted by atomic mass is 10.2. The third kappa shape index (κ3) is 4.11. The number of halogens is 2. The van der Waals surface area contributed by atoms with Crippen LogP contribution in [-0.2, 0) is 5.88 Å². The van der Waals surface area contributed by atoms with E-state index in [-0.39, 0.29) is 0 Å². The van der Waals surface area contributed by atoms with Crippen molar-refractivity contribution in [3.8, 4) is 0 Å². The van der Waals surface area contributed by atoms with Gasteiger partial charge in [-0.25, -0.2) is 4.98 Å². The maximum atomic E-state index is 6.02. The van der Waals surface area contributed by atoms with Gasteiger partial charge in [-0.05, 0) is 49.9 Å². The number of pyridine rings is 1. The second-order valence-electron chi connectivity index (χ2n) is 4.67. The highest BCUT2D eigenvalue weighted by atomic mass is 79.9. The molecular formula is C13H21BrClN3. The van der Waals surface area contributed by atoms with E-state index in [2.05, 4.69) is 58.7 Å². The van der Waals surface area contributed by atoms with Gasteiger partial charge in [-0.1, -0.05) is 0 Å². The summed E-state index contributed by atoms with van der Waals surface area (Å²) >= 11 is 9.46. The van der Waals surface area contributed by atoms with Crippen molar-refractivity contribution in [3.05, 3.63) is 22.3 Å². The molecule has 1 unspecified atom stereocenters. The van der Waals surface area contributed by atoms with Gasteiger partial charge in [0.25, 0.3) is 0 Å². The van der Waals surface area contributed by atoms with Crippen LogP contribution in [0.5, 0.6) is 0 Å². The zero-order valence-corrected chi connectivity index (χ0v) is 13.8. The smallest absolute Gasteiger partial charge is 0.133 e. The van der Waals surface area contributed by atoms with Crippen molar-refractivity contribution in [2.75, 3.05) is 32.1 Å². The summed E-state index contributed by atoms with van der Waals surface area (Å²) in [6.45, 7) is 6.28. The summed E-state index contributed by atoms with van der Waals surface area (Å²) in [6.07, 6.45) is 1.83. The van der Waals surface area contributed by atoms with E-state index < -0.39 is 0 Å². The fraction of sp³-hybridized carbons (Fsp3) is 0.615. The van der Waals surface area contributed by atoms with Gasteiger partial charge < -0.3 is 9.80 Å². The highest BCUT2D eigenvalue weighted by Gasteiger charge is 2.17. The third-order valence-corrected chi connectivity index (χ3v) is 3.55. The number of hydrogen-bond acceptors (Lipinski definition) is 3. The Morgan fingerprint density at radius 1 is 1.44 bits per heavy atom. The molecule has 0 saturated heterocycles. The van der Waals surface area contributed by atoms with Gasteiger partial charge in [0, 0.05) is 35.4 Å². The Morgan fingerprint density at radius 3 is 2.61 bits per heavy atom. The molecule has 1 rings (SSSR count). The fourth-order valence-corrected chi connectivity index (χ4v) is 2.70. The standard InChI is InChI=1S/C13H21BrClN3/c1-5-18(10(2)9-17(3)4)13-11(7-15)6-12(14)8-16-13/h6,8,10H,5,7,9H2,1-4H3. The predicted molar refractivity (Wildman–Crippen MR) is 82.5 cm³/mol. The molecule has 102 valence electrons. The summed E-state index contributed by atoms with van der Waals surface area (Å²) in [4.78, 5) is 9.01. The van der Waals surface area contributed by atoms with Crippen molar-refractivity contribution in [2.24, 2.45) is 0 Å². The first-order valence-corrected chi connectivity index (χ1v) is 7.44. The first kappa shape index (κ1) is 15.7. The van der Waals surface area contributed by atoms with E-state index in [9.17, 15) is 0 Å². The molecule has 5 heteroatoms. The Balaban J connectivity index is 3.00. The van der Waals surface area contributed by atoms with Crippen LogP contribution in [0.25, 0.3) is 0 Å². The summed E-state index contributed by atoms with van der Waals surface area (Å²) in [7, 11) is 4.17. The highest BCUT2D eigenvalue weighted by molar-refractivity contribution is 9.10. The van der Waals surface area contributed by atoms with E-state index in [0.29, 0.717) is 11.9 Å². The monoisotopic (exact) mass is 333 g/mol. The van der Waals surface area contributed by atoms with Gasteiger partial charge in [-0.2, -0.15) is 0 Å². The van der Waals surface area contributed by atoms with Crippen LogP contribution < -0.4 is 4.90 Å². The highest BCUT2D eigenvalue weighted by Crippen LogP contribution is 2.24. The largest absolute Gasteiger partial charge is 0.353 e. The van der Waals surface area contributed by atoms with Gasteiger partial charge in [0.1, 0.15) is 5.82 Å². The zero-order valence-electron chi connectivity index (χ0n) is 11.5. The minimum atomic E-state index is 0.403.